The second-order valence-corrected chi connectivity index (χ2v) is 4.87. The lowest BCUT2D eigenvalue weighted by Gasteiger charge is -2.26. The van der Waals surface area contributed by atoms with Crippen LogP contribution < -0.4 is 0 Å². The van der Waals surface area contributed by atoms with Crippen LogP contribution in [0.1, 0.15) is 18.3 Å². The Hall–Kier alpha value is -0.780. The first-order valence-electron chi connectivity index (χ1n) is 5.61. The molecule has 0 amide bonds. The lowest BCUT2D eigenvalue weighted by Crippen LogP contribution is -2.31. The maximum Gasteiger partial charge on any atom is 0.125 e. The second kappa shape index (κ2) is 5.03. The minimum Gasteiger partial charge on any atom is -0.333 e. The molecule has 88 valence electrons. The highest BCUT2D eigenvalue weighted by atomic mass is 32.1. The topological polar surface area (TPSA) is 35.2 Å². The smallest absolute Gasteiger partial charge is 0.125 e. The third-order valence-corrected chi connectivity index (χ3v) is 3.31. The lowest BCUT2D eigenvalue weighted by molar-refractivity contribution is 0.219. The van der Waals surface area contributed by atoms with E-state index < -0.39 is 0 Å². The van der Waals surface area contributed by atoms with E-state index in [0.29, 0.717) is 6.04 Å². The van der Waals surface area contributed by atoms with Crippen molar-refractivity contribution in [3.8, 4) is 0 Å². The van der Waals surface area contributed by atoms with Crippen molar-refractivity contribution in [3.05, 3.63) is 22.7 Å². The van der Waals surface area contributed by atoms with Gasteiger partial charge in [-0.1, -0.05) is 12.2 Å². The zero-order chi connectivity index (χ0) is 11.5. The minimum atomic E-state index is 0.315. The summed E-state index contributed by atoms with van der Waals surface area (Å²) in [5.41, 5.74) is 0. The zero-order valence-corrected chi connectivity index (χ0v) is 10.6. The summed E-state index contributed by atoms with van der Waals surface area (Å²) in [6, 6.07) is 2.13. The molecule has 0 bridgehead atoms. The van der Waals surface area contributed by atoms with Gasteiger partial charge >= 0.3 is 0 Å². The normalized spacial score (nSPS) is 24.2. The first-order valence-corrected chi connectivity index (χ1v) is 6.01. The van der Waals surface area contributed by atoms with Gasteiger partial charge in [0.2, 0.25) is 0 Å². The molecule has 1 fully saturated rings. The van der Waals surface area contributed by atoms with E-state index in [0.717, 1.165) is 30.1 Å². The lowest BCUT2D eigenvalue weighted by atomic mass is 10.2. The van der Waals surface area contributed by atoms with Crippen LogP contribution in [0, 0.1) is 4.64 Å². The number of hydrogen-bond donors (Lipinski definition) is 1. The molecule has 2 rings (SSSR count). The Morgan fingerprint density at radius 1 is 1.44 bits per heavy atom. The molecule has 1 saturated heterocycles. The molecule has 1 N–H and O–H groups in total. The summed E-state index contributed by atoms with van der Waals surface area (Å²) < 4.78 is 0.755. The van der Waals surface area contributed by atoms with E-state index in [1.165, 1.54) is 6.42 Å². The predicted molar refractivity (Wildman–Crippen MR) is 66.9 cm³/mol. The van der Waals surface area contributed by atoms with Crippen molar-refractivity contribution in [2.75, 3.05) is 33.7 Å². The van der Waals surface area contributed by atoms with Gasteiger partial charge < -0.3 is 9.88 Å². The second-order valence-electron chi connectivity index (χ2n) is 4.43. The fourth-order valence-electron chi connectivity index (χ4n) is 2.12. The average Bonchev–Trinajstić information content (AvgIpc) is 2.41. The van der Waals surface area contributed by atoms with E-state index in [9.17, 15) is 0 Å². The van der Waals surface area contributed by atoms with Gasteiger partial charge in [0.15, 0.2) is 0 Å². The fourth-order valence-corrected chi connectivity index (χ4v) is 2.29. The quantitative estimate of drug-likeness (QED) is 0.751. The van der Waals surface area contributed by atoms with E-state index in [1.807, 2.05) is 6.07 Å². The molecule has 1 aliphatic heterocycles. The van der Waals surface area contributed by atoms with Crippen molar-refractivity contribution in [1.29, 1.82) is 0 Å². The molecule has 0 radical (unpaired) electrons. The monoisotopic (exact) mass is 238 g/mol. The number of hydrogen-bond acceptors (Lipinski definition) is 4. The Balaban J connectivity index is 2.26. The van der Waals surface area contributed by atoms with Crippen molar-refractivity contribution >= 4 is 12.2 Å². The van der Waals surface area contributed by atoms with Crippen LogP contribution >= 0.6 is 12.2 Å². The van der Waals surface area contributed by atoms with Crippen molar-refractivity contribution in [3.63, 3.8) is 0 Å². The molecular weight excluding hydrogens is 220 g/mol. The largest absolute Gasteiger partial charge is 0.333 e. The maximum absolute atomic E-state index is 5.14. The molecule has 16 heavy (non-hydrogen) atoms. The third kappa shape index (κ3) is 2.66. The molecule has 1 atom stereocenters. The Kier molecular flexibility index (Phi) is 3.68. The van der Waals surface area contributed by atoms with Crippen LogP contribution in [-0.4, -0.2) is 53.5 Å². The summed E-state index contributed by atoms with van der Waals surface area (Å²) in [5.74, 6) is 0.976. The van der Waals surface area contributed by atoms with Crippen molar-refractivity contribution in [1.82, 2.24) is 19.8 Å². The van der Waals surface area contributed by atoms with Crippen LogP contribution in [0.15, 0.2) is 12.3 Å². The van der Waals surface area contributed by atoms with Gasteiger partial charge in [0, 0.05) is 12.7 Å². The molecule has 1 unspecified atom stereocenters. The first kappa shape index (κ1) is 11.7. The summed E-state index contributed by atoms with van der Waals surface area (Å²) in [5, 5.41) is 0. The molecule has 1 aromatic heterocycles. The molecule has 4 nitrogen and oxygen atoms in total. The molecule has 5 heteroatoms. The van der Waals surface area contributed by atoms with Crippen LogP contribution in [-0.2, 0) is 0 Å². The summed E-state index contributed by atoms with van der Waals surface area (Å²) in [4.78, 5) is 12.3. The van der Waals surface area contributed by atoms with Crippen LogP contribution in [0.25, 0.3) is 0 Å². The summed E-state index contributed by atoms with van der Waals surface area (Å²) in [6.45, 7) is 3.25. The Bertz CT molecular complexity index is 403. The van der Waals surface area contributed by atoms with E-state index >= 15 is 0 Å². The van der Waals surface area contributed by atoms with Gasteiger partial charge in [0.05, 0.1) is 6.04 Å². The Labute approximate surface area is 101 Å². The predicted octanol–water partition coefficient (Wildman–Crippen LogP) is 1.45. The highest BCUT2D eigenvalue weighted by Crippen LogP contribution is 2.19. The van der Waals surface area contributed by atoms with E-state index in [1.54, 1.807) is 6.20 Å². The molecule has 0 aromatic carbocycles. The summed E-state index contributed by atoms with van der Waals surface area (Å²) in [7, 11) is 4.30. The molecule has 0 aliphatic carbocycles. The number of aromatic nitrogens is 2. The molecule has 2 heterocycles. The Morgan fingerprint density at radius 2 is 2.25 bits per heavy atom. The van der Waals surface area contributed by atoms with E-state index in [4.69, 9.17) is 12.2 Å². The number of nitrogens with zero attached hydrogens (tertiary/aromatic N) is 3. The molecule has 1 aliphatic rings. The standard InChI is InChI=1S/C11H18N4S/c1-14-6-3-7-15(2)9(8-14)11-12-5-4-10(16)13-11/h4-5,9H,3,6-8H2,1-2H3,(H,12,13,16). The van der Waals surface area contributed by atoms with E-state index in [2.05, 4.69) is 33.9 Å². The molecule has 0 saturated carbocycles. The highest BCUT2D eigenvalue weighted by molar-refractivity contribution is 7.71. The summed E-state index contributed by atoms with van der Waals surface area (Å²) >= 11 is 5.14. The highest BCUT2D eigenvalue weighted by Gasteiger charge is 2.23. The third-order valence-electron chi connectivity index (χ3n) is 3.07. The van der Waals surface area contributed by atoms with Gasteiger partial charge in [-0.2, -0.15) is 0 Å². The van der Waals surface area contributed by atoms with Crippen molar-refractivity contribution < 1.29 is 0 Å². The van der Waals surface area contributed by atoms with Gasteiger partial charge in [0.1, 0.15) is 10.5 Å². The first-order chi connectivity index (χ1) is 7.66. The molecular formula is C11H18N4S. The minimum absolute atomic E-state index is 0.315. The van der Waals surface area contributed by atoms with Crippen LogP contribution in [0.2, 0.25) is 0 Å². The van der Waals surface area contributed by atoms with Crippen LogP contribution in [0.3, 0.4) is 0 Å². The Morgan fingerprint density at radius 3 is 3.00 bits per heavy atom. The number of aromatic amines is 1. The van der Waals surface area contributed by atoms with Gasteiger partial charge in [-0.25, -0.2) is 4.98 Å². The van der Waals surface area contributed by atoms with E-state index in [-0.39, 0.29) is 0 Å². The van der Waals surface area contributed by atoms with Gasteiger partial charge in [0.25, 0.3) is 0 Å². The van der Waals surface area contributed by atoms with Gasteiger partial charge in [-0.15, -0.1) is 0 Å². The fraction of sp³-hybridized carbons (Fsp3) is 0.636. The number of nitrogens with one attached hydrogen (secondary N) is 1. The number of H-pyrrole nitrogens is 1. The summed E-state index contributed by atoms with van der Waals surface area (Å²) in [6.07, 6.45) is 2.99. The van der Waals surface area contributed by atoms with Crippen molar-refractivity contribution in [2.45, 2.75) is 12.5 Å². The van der Waals surface area contributed by atoms with Gasteiger partial charge in [-0.3, -0.25) is 4.90 Å². The SMILES string of the molecule is CN1CCCN(C)C(c2nccc(=S)[nH]2)C1. The maximum atomic E-state index is 5.14. The zero-order valence-electron chi connectivity index (χ0n) is 9.81. The number of likely N-dealkylation sites (N-methyl/N-ethyl adjacent to an activating group) is 2. The van der Waals surface area contributed by atoms with Gasteiger partial charge in [-0.05, 0) is 39.7 Å². The number of rotatable bonds is 1. The molecule has 0 spiro atoms. The van der Waals surface area contributed by atoms with Crippen LogP contribution in [0.5, 0.6) is 0 Å². The van der Waals surface area contributed by atoms with Crippen LogP contribution in [0.4, 0.5) is 0 Å². The van der Waals surface area contributed by atoms with Crippen molar-refractivity contribution in [2.24, 2.45) is 0 Å². The average molecular weight is 238 g/mol. The molecule has 1 aromatic rings.